The van der Waals surface area contributed by atoms with Gasteiger partial charge in [-0.3, -0.25) is 4.79 Å². The van der Waals surface area contributed by atoms with E-state index in [9.17, 15) is 13.2 Å². The third kappa shape index (κ3) is 2.42. The molecule has 1 unspecified atom stereocenters. The SMILES string of the molecule is Cc1nnc2sc(C(=O)N3C[C@@H]4CC3CN4S(C)(=O)=O)c(N)c2c1C. The van der Waals surface area contributed by atoms with Gasteiger partial charge in [0.2, 0.25) is 10.0 Å². The highest BCUT2D eigenvalue weighted by atomic mass is 32.2. The molecule has 0 aliphatic carbocycles. The van der Waals surface area contributed by atoms with Crippen molar-refractivity contribution in [3.63, 3.8) is 0 Å². The third-order valence-corrected chi connectivity index (χ3v) is 7.58. The van der Waals surface area contributed by atoms with E-state index in [-0.39, 0.29) is 18.0 Å². The Morgan fingerprint density at radius 2 is 1.96 bits per heavy atom. The van der Waals surface area contributed by atoms with E-state index in [1.165, 1.54) is 21.9 Å². The Balaban J connectivity index is 1.67. The summed E-state index contributed by atoms with van der Waals surface area (Å²) in [6.45, 7) is 4.55. The lowest BCUT2D eigenvalue weighted by Crippen LogP contribution is -2.50. The summed E-state index contributed by atoms with van der Waals surface area (Å²) in [4.78, 5) is 15.9. The lowest BCUT2D eigenvalue weighted by Gasteiger charge is -2.32. The number of carbonyl (C=O) groups excluding carboxylic acids is 1. The first-order valence-electron chi connectivity index (χ1n) is 7.98. The van der Waals surface area contributed by atoms with Crippen LogP contribution in [0.4, 0.5) is 5.69 Å². The number of hydrogen-bond donors (Lipinski definition) is 1. The van der Waals surface area contributed by atoms with E-state index in [0.717, 1.165) is 16.6 Å². The zero-order chi connectivity index (χ0) is 18.1. The topological polar surface area (TPSA) is 109 Å². The fourth-order valence-electron chi connectivity index (χ4n) is 3.82. The van der Waals surface area contributed by atoms with Gasteiger partial charge < -0.3 is 10.6 Å². The quantitative estimate of drug-likeness (QED) is 0.822. The maximum atomic E-state index is 13.0. The number of sulfonamides is 1. The number of aromatic nitrogens is 2. The van der Waals surface area contributed by atoms with Gasteiger partial charge in [-0.1, -0.05) is 0 Å². The monoisotopic (exact) mass is 381 g/mol. The summed E-state index contributed by atoms with van der Waals surface area (Å²) in [5, 5.41) is 9.05. The Hall–Kier alpha value is -1.78. The minimum Gasteiger partial charge on any atom is -0.397 e. The van der Waals surface area contributed by atoms with E-state index in [2.05, 4.69) is 10.2 Å². The molecule has 8 nitrogen and oxygen atoms in total. The average molecular weight is 381 g/mol. The summed E-state index contributed by atoms with van der Waals surface area (Å²) >= 11 is 1.25. The Morgan fingerprint density at radius 1 is 1.24 bits per heavy atom. The molecule has 2 aromatic rings. The Labute approximate surface area is 149 Å². The van der Waals surface area contributed by atoms with Gasteiger partial charge in [0.1, 0.15) is 9.71 Å². The molecule has 0 radical (unpaired) electrons. The van der Waals surface area contributed by atoms with Crippen molar-refractivity contribution in [2.24, 2.45) is 0 Å². The van der Waals surface area contributed by atoms with Crippen LogP contribution in [-0.2, 0) is 10.0 Å². The number of nitrogens with two attached hydrogens (primary N) is 1. The minimum atomic E-state index is -3.23. The second kappa shape index (κ2) is 5.36. The number of hydrogen-bond acceptors (Lipinski definition) is 7. The van der Waals surface area contributed by atoms with Crippen LogP contribution in [0, 0.1) is 13.8 Å². The molecule has 4 rings (SSSR count). The van der Waals surface area contributed by atoms with Gasteiger partial charge in [0.25, 0.3) is 5.91 Å². The number of anilines is 1. The Bertz CT molecular complexity index is 1000. The van der Waals surface area contributed by atoms with Crippen molar-refractivity contribution >= 4 is 43.2 Å². The predicted octanol–water partition coefficient (Wildman–Crippen LogP) is 0.749. The van der Waals surface area contributed by atoms with Gasteiger partial charge in [-0.05, 0) is 25.8 Å². The zero-order valence-corrected chi connectivity index (χ0v) is 15.8. The molecule has 1 amide bonds. The van der Waals surface area contributed by atoms with Crippen molar-refractivity contribution in [2.75, 3.05) is 25.1 Å². The zero-order valence-electron chi connectivity index (χ0n) is 14.2. The number of carbonyl (C=O) groups is 1. The van der Waals surface area contributed by atoms with Crippen LogP contribution in [0.5, 0.6) is 0 Å². The van der Waals surface area contributed by atoms with Crippen molar-refractivity contribution in [3.8, 4) is 0 Å². The number of rotatable bonds is 2. The molecule has 10 heteroatoms. The Kier molecular flexibility index (Phi) is 3.57. The number of nitrogen functional groups attached to an aromatic ring is 1. The maximum Gasteiger partial charge on any atom is 0.266 e. The Morgan fingerprint density at radius 3 is 2.56 bits per heavy atom. The standard InChI is InChI=1S/C15H19N5O3S2/c1-7-8(2)17-18-14-11(7)12(16)13(24-14)15(21)19-5-10-4-9(19)6-20(10)25(3,22)23/h9-10H,4-6,16H2,1-3H3/t9?,10-/m0/s1. The smallest absolute Gasteiger partial charge is 0.266 e. The number of piperazine rings is 1. The van der Waals surface area contributed by atoms with Crippen molar-refractivity contribution in [3.05, 3.63) is 16.1 Å². The number of likely N-dealkylation sites (tertiary alicyclic amines) is 1. The molecule has 0 spiro atoms. The molecular formula is C15H19N5O3S2. The van der Waals surface area contributed by atoms with Crippen LogP contribution in [0.1, 0.15) is 27.3 Å². The van der Waals surface area contributed by atoms with E-state index in [0.29, 0.717) is 34.9 Å². The summed E-state index contributed by atoms with van der Waals surface area (Å²) in [6, 6.07) is -0.228. The highest BCUT2D eigenvalue weighted by Gasteiger charge is 2.49. The first-order valence-corrected chi connectivity index (χ1v) is 10.6. The lowest BCUT2D eigenvalue weighted by molar-refractivity contribution is 0.0688. The second-order valence-electron chi connectivity index (χ2n) is 6.77. The van der Waals surface area contributed by atoms with Crippen LogP contribution in [-0.4, -0.2) is 65.2 Å². The number of nitrogens with zero attached hydrogens (tertiary/aromatic N) is 4. The minimum absolute atomic E-state index is 0.0919. The highest BCUT2D eigenvalue weighted by Crippen LogP contribution is 2.39. The van der Waals surface area contributed by atoms with E-state index in [1.54, 1.807) is 4.90 Å². The van der Waals surface area contributed by atoms with E-state index >= 15 is 0 Å². The van der Waals surface area contributed by atoms with Crippen LogP contribution >= 0.6 is 11.3 Å². The first-order chi connectivity index (χ1) is 11.7. The second-order valence-corrected chi connectivity index (χ2v) is 9.70. The molecule has 2 saturated heterocycles. The molecule has 0 saturated carbocycles. The molecule has 2 atom stereocenters. The predicted molar refractivity (Wildman–Crippen MR) is 96.1 cm³/mol. The molecule has 0 aromatic carbocycles. The molecule has 4 heterocycles. The number of aryl methyl sites for hydroxylation is 2. The number of thiophene rings is 1. The molecule has 2 fully saturated rings. The molecule has 2 aliphatic rings. The van der Waals surface area contributed by atoms with Gasteiger partial charge in [-0.15, -0.1) is 16.4 Å². The average Bonchev–Trinajstić information content (AvgIpc) is 3.22. The normalized spacial score (nSPS) is 23.7. The molecule has 2 aliphatic heterocycles. The summed E-state index contributed by atoms with van der Waals surface area (Å²) in [6.07, 6.45) is 1.90. The first kappa shape index (κ1) is 16.7. The van der Waals surface area contributed by atoms with Crippen molar-refractivity contribution in [2.45, 2.75) is 32.4 Å². The van der Waals surface area contributed by atoms with Gasteiger partial charge in [-0.2, -0.15) is 9.40 Å². The third-order valence-electron chi connectivity index (χ3n) is 5.21. The van der Waals surface area contributed by atoms with Gasteiger partial charge >= 0.3 is 0 Å². The molecule has 134 valence electrons. The van der Waals surface area contributed by atoms with Gasteiger partial charge in [0, 0.05) is 30.6 Å². The van der Waals surface area contributed by atoms with E-state index < -0.39 is 10.0 Å². The van der Waals surface area contributed by atoms with Gasteiger partial charge in [0.05, 0.1) is 17.6 Å². The fourth-order valence-corrected chi connectivity index (χ4v) is 6.01. The van der Waals surface area contributed by atoms with Crippen molar-refractivity contribution in [1.29, 1.82) is 0 Å². The van der Waals surface area contributed by atoms with E-state index in [1.807, 2.05) is 13.8 Å². The summed E-state index contributed by atoms with van der Waals surface area (Å²) in [5.41, 5.74) is 8.43. The fraction of sp³-hybridized carbons (Fsp3) is 0.533. The number of fused-ring (bicyclic) bond motifs is 3. The van der Waals surface area contributed by atoms with Gasteiger partial charge in [-0.25, -0.2) is 8.42 Å². The molecule has 2 bridgehead atoms. The summed E-state index contributed by atoms with van der Waals surface area (Å²) < 4.78 is 25.1. The maximum absolute atomic E-state index is 13.0. The molecular weight excluding hydrogens is 362 g/mol. The lowest BCUT2D eigenvalue weighted by atomic mass is 10.1. The van der Waals surface area contributed by atoms with Crippen LogP contribution in [0.2, 0.25) is 0 Å². The van der Waals surface area contributed by atoms with Gasteiger partial charge in [0.15, 0.2) is 0 Å². The molecule has 2 aromatic heterocycles. The van der Waals surface area contributed by atoms with E-state index in [4.69, 9.17) is 5.73 Å². The number of amides is 1. The van der Waals surface area contributed by atoms with Crippen molar-refractivity contribution < 1.29 is 13.2 Å². The molecule has 25 heavy (non-hydrogen) atoms. The molecule has 2 N–H and O–H groups in total. The van der Waals surface area contributed by atoms with Crippen LogP contribution in [0.3, 0.4) is 0 Å². The van der Waals surface area contributed by atoms with Crippen molar-refractivity contribution in [1.82, 2.24) is 19.4 Å². The van der Waals surface area contributed by atoms with Crippen LogP contribution in [0.15, 0.2) is 0 Å². The van der Waals surface area contributed by atoms with Crippen LogP contribution < -0.4 is 5.73 Å². The summed E-state index contributed by atoms with van der Waals surface area (Å²) in [5.74, 6) is -0.141. The largest absolute Gasteiger partial charge is 0.397 e. The highest BCUT2D eigenvalue weighted by molar-refractivity contribution is 7.88. The summed E-state index contributed by atoms with van der Waals surface area (Å²) in [7, 11) is -3.23. The van der Waals surface area contributed by atoms with Crippen LogP contribution in [0.25, 0.3) is 10.2 Å².